The van der Waals surface area contributed by atoms with Crippen LogP contribution in [0, 0.1) is 0 Å². The molecule has 3 unspecified atom stereocenters. The van der Waals surface area contributed by atoms with E-state index in [4.69, 9.17) is 15.9 Å². The van der Waals surface area contributed by atoms with E-state index in [0.29, 0.717) is 12.8 Å². The largest absolute Gasteiger partial charge is 0.481 e. The van der Waals surface area contributed by atoms with Crippen molar-refractivity contribution in [3.8, 4) is 0 Å². The van der Waals surface area contributed by atoms with Crippen LogP contribution in [0.5, 0.6) is 0 Å². The number of hydrogen-bond donors (Lipinski definition) is 6. The van der Waals surface area contributed by atoms with Crippen molar-refractivity contribution in [2.45, 2.75) is 37.4 Å². The maximum Gasteiger partial charge on any atom is 0.327 e. The molecule has 1 aliphatic heterocycles. The Bertz CT molecular complexity index is 586. The van der Waals surface area contributed by atoms with Crippen molar-refractivity contribution in [1.82, 2.24) is 15.5 Å². The first-order chi connectivity index (χ1) is 12.2. The summed E-state index contributed by atoms with van der Waals surface area (Å²) >= 11 is 3.85. The third kappa shape index (κ3) is 5.88. The Morgan fingerprint density at radius 2 is 1.81 bits per heavy atom. The van der Waals surface area contributed by atoms with Crippen molar-refractivity contribution in [2.24, 2.45) is 5.73 Å². The van der Waals surface area contributed by atoms with Crippen LogP contribution in [-0.2, 0) is 24.0 Å². The highest BCUT2D eigenvalue weighted by molar-refractivity contribution is 7.80. The van der Waals surface area contributed by atoms with Gasteiger partial charge in [0.1, 0.15) is 18.1 Å². The number of aliphatic carboxylic acids is 2. The molecular formula is C14H22N4O7S. The minimum Gasteiger partial charge on any atom is -0.481 e. The summed E-state index contributed by atoms with van der Waals surface area (Å²) in [6.07, 6.45) is 0.109. The van der Waals surface area contributed by atoms with Crippen LogP contribution in [0.2, 0.25) is 0 Å². The minimum atomic E-state index is -1.36. The van der Waals surface area contributed by atoms with Gasteiger partial charge in [0.15, 0.2) is 0 Å². The van der Waals surface area contributed by atoms with Crippen molar-refractivity contribution in [3.63, 3.8) is 0 Å². The SMILES string of the molecule is NCC(=O)NC(CC(=O)O)C(=O)N1CCCC1C(=O)NC(CS)C(=O)O. The summed E-state index contributed by atoms with van der Waals surface area (Å²) in [5.41, 5.74) is 5.17. The molecule has 3 amide bonds. The number of thiol groups is 1. The molecule has 146 valence electrons. The summed E-state index contributed by atoms with van der Waals surface area (Å²) < 4.78 is 0. The fraction of sp³-hybridized carbons (Fsp3) is 0.643. The Balaban J connectivity index is 2.89. The Kier molecular flexibility index (Phi) is 8.32. The fourth-order valence-corrected chi connectivity index (χ4v) is 2.83. The molecule has 11 nitrogen and oxygen atoms in total. The smallest absolute Gasteiger partial charge is 0.327 e. The molecule has 0 bridgehead atoms. The monoisotopic (exact) mass is 390 g/mol. The second kappa shape index (κ2) is 9.97. The van der Waals surface area contributed by atoms with E-state index < -0.39 is 60.8 Å². The third-order valence-corrected chi connectivity index (χ3v) is 4.20. The number of hydrogen-bond acceptors (Lipinski definition) is 7. The molecule has 0 saturated carbocycles. The van der Waals surface area contributed by atoms with Gasteiger partial charge in [0.2, 0.25) is 17.7 Å². The molecule has 3 atom stereocenters. The quantitative estimate of drug-likeness (QED) is 0.232. The highest BCUT2D eigenvalue weighted by Crippen LogP contribution is 2.19. The van der Waals surface area contributed by atoms with Crippen LogP contribution < -0.4 is 16.4 Å². The average Bonchev–Trinajstić information content (AvgIpc) is 3.07. The van der Waals surface area contributed by atoms with E-state index in [0.717, 1.165) is 4.90 Å². The number of carboxylic acid groups (broad SMARTS) is 2. The van der Waals surface area contributed by atoms with Crippen LogP contribution in [0.4, 0.5) is 0 Å². The summed E-state index contributed by atoms with van der Waals surface area (Å²) in [6.45, 7) is -0.236. The first-order valence-corrected chi connectivity index (χ1v) is 8.50. The van der Waals surface area contributed by atoms with Crippen LogP contribution in [0.15, 0.2) is 0 Å². The Morgan fingerprint density at radius 3 is 2.31 bits per heavy atom. The molecule has 1 aliphatic rings. The average molecular weight is 390 g/mol. The zero-order chi connectivity index (χ0) is 19.9. The molecule has 1 heterocycles. The van der Waals surface area contributed by atoms with E-state index in [2.05, 4.69) is 23.3 Å². The van der Waals surface area contributed by atoms with E-state index in [1.165, 1.54) is 0 Å². The van der Waals surface area contributed by atoms with Gasteiger partial charge in [-0.05, 0) is 12.8 Å². The predicted octanol–water partition coefficient (Wildman–Crippen LogP) is -2.61. The highest BCUT2D eigenvalue weighted by atomic mass is 32.1. The number of likely N-dealkylation sites (tertiary alicyclic amines) is 1. The number of carbonyl (C=O) groups is 5. The zero-order valence-electron chi connectivity index (χ0n) is 13.9. The van der Waals surface area contributed by atoms with Crippen LogP contribution in [0.25, 0.3) is 0 Å². The first-order valence-electron chi connectivity index (χ1n) is 7.87. The summed E-state index contributed by atoms with van der Waals surface area (Å²) in [5, 5.41) is 22.4. The molecule has 0 aliphatic carbocycles. The molecule has 0 aromatic rings. The van der Waals surface area contributed by atoms with Gasteiger partial charge in [0, 0.05) is 12.3 Å². The molecule has 26 heavy (non-hydrogen) atoms. The number of amides is 3. The second-order valence-electron chi connectivity index (χ2n) is 5.69. The van der Waals surface area contributed by atoms with Crippen LogP contribution in [0.3, 0.4) is 0 Å². The number of carbonyl (C=O) groups excluding carboxylic acids is 3. The number of carboxylic acids is 2. The Hall–Kier alpha value is -2.34. The molecule has 0 spiro atoms. The lowest BCUT2D eigenvalue weighted by Crippen LogP contribution is -2.56. The van der Waals surface area contributed by atoms with Gasteiger partial charge < -0.3 is 31.5 Å². The van der Waals surface area contributed by atoms with Gasteiger partial charge in [0.25, 0.3) is 0 Å². The van der Waals surface area contributed by atoms with Gasteiger partial charge in [-0.15, -0.1) is 0 Å². The summed E-state index contributed by atoms with van der Waals surface area (Å²) in [6, 6.07) is -3.53. The summed E-state index contributed by atoms with van der Waals surface area (Å²) in [5.74, 6) is -4.80. The molecule has 1 fully saturated rings. The Morgan fingerprint density at radius 1 is 1.15 bits per heavy atom. The van der Waals surface area contributed by atoms with E-state index >= 15 is 0 Å². The van der Waals surface area contributed by atoms with E-state index in [9.17, 15) is 24.0 Å². The van der Waals surface area contributed by atoms with E-state index in [1.807, 2.05) is 0 Å². The minimum absolute atomic E-state index is 0.129. The van der Waals surface area contributed by atoms with Crippen molar-refractivity contribution in [3.05, 3.63) is 0 Å². The molecular weight excluding hydrogens is 368 g/mol. The lowest BCUT2D eigenvalue weighted by molar-refractivity contribution is -0.147. The number of nitrogens with one attached hydrogen (secondary N) is 2. The predicted molar refractivity (Wildman–Crippen MR) is 91.4 cm³/mol. The summed E-state index contributed by atoms with van der Waals surface area (Å²) in [4.78, 5) is 59.5. The molecule has 6 N–H and O–H groups in total. The normalized spacial score (nSPS) is 18.7. The van der Waals surface area contributed by atoms with Gasteiger partial charge in [-0.2, -0.15) is 12.6 Å². The van der Waals surface area contributed by atoms with Crippen molar-refractivity contribution in [1.29, 1.82) is 0 Å². The maximum atomic E-state index is 12.6. The van der Waals surface area contributed by atoms with Crippen LogP contribution >= 0.6 is 12.6 Å². The van der Waals surface area contributed by atoms with Gasteiger partial charge in [0.05, 0.1) is 13.0 Å². The molecule has 0 radical (unpaired) electrons. The molecule has 1 saturated heterocycles. The second-order valence-corrected chi connectivity index (χ2v) is 6.06. The first kappa shape index (κ1) is 21.7. The summed E-state index contributed by atoms with van der Waals surface area (Å²) in [7, 11) is 0. The zero-order valence-corrected chi connectivity index (χ0v) is 14.8. The topological polar surface area (TPSA) is 179 Å². The molecule has 12 heteroatoms. The van der Waals surface area contributed by atoms with Crippen LogP contribution in [-0.4, -0.2) is 81.7 Å². The standard InChI is InChI=1S/C14H22N4O7S/c15-5-10(19)16-7(4-11(20)21)13(23)18-3-1-2-9(18)12(22)17-8(6-26)14(24)25/h7-9,26H,1-6,15H2,(H,16,19)(H,17,22)(H,20,21)(H,24,25). The van der Waals surface area contributed by atoms with E-state index in [1.54, 1.807) is 0 Å². The van der Waals surface area contributed by atoms with Crippen molar-refractivity contribution in [2.75, 3.05) is 18.8 Å². The van der Waals surface area contributed by atoms with Crippen molar-refractivity contribution < 1.29 is 34.2 Å². The van der Waals surface area contributed by atoms with Gasteiger partial charge in [-0.25, -0.2) is 4.79 Å². The Labute approximate surface area is 154 Å². The van der Waals surface area contributed by atoms with Crippen molar-refractivity contribution >= 4 is 42.3 Å². The third-order valence-electron chi connectivity index (χ3n) is 3.83. The lowest BCUT2D eigenvalue weighted by Gasteiger charge is -2.28. The highest BCUT2D eigenvalue weighted by Gasteiger charge is 2.39. The number of nitrogens with two attached hydrogens (primary N) is 1. The van der Waals surface area contributed by atoms with E-state index in [-0.39, 0.29) is 12.3 Å². The molecule has 0 aromatic heterocycles. The number of rotatable bonds is 9. The molecule has 1 rings (SSSR count). The van der Waals surface area contributed by atoms with Gasteiger partial charge in [-0.1, -0.05) is 0 Å². The number of nitrogens with zero attached hydrogens (tertiary/aromatic N) is 1. The van der Waals surface area contributed by atoms with Gasteiger partial charge in [-0.3, -0.25) is 19.2 Å². The van der Waals surface area contributed by atoms with Gasteiger partial charge >= 0.3 is 11.9 Å². The van der Waals surface area contributed by atoms with Crippen LogP contribution in [0.1, 0.15) is 19.3 Å². The lowest BCUT2D eigenvalue weighted by atomic mass is 10.1. The maximum absolute atomic E-state index is 12.6. The molecule has 0 aromatic carbocycles. The fourth-order valence-electron chi connectivity index (χ4n) is 2.58.